The van der Waals surface area contributed by atoms with E-state index in [1.165, 1.54) is 36.8 Å². The summed E-state index contributed by atoms with van der Waals surface area (Å²) in [6, 6.07) is 17.8. The molecule has 1 aliphatic rings. The van der Waals surface area contributed by atoms with E-state index < -0.39 is 0 Å². The third-order valence-electron chi connectivity index (χ3n) is 4.61. The van der Waals surface area contributed by atoms with E-state index in [4.69, 9.17) is 0 Å². The molecule has 0 amide bonds. The van der Waals surface area contributed by atoms with E-state index in [2.05, 4.69) is 62.4 Å². The Bertz CT molecular complexity index is 560. The molecule has 2 aromatic carbocycles. The maximum Gasteiger partial charge on any atom is -0.0146 e. The molecular formula is C20H24. The fourth-order valence-electron chi connectivity index (χ4n) is 3.63. The SMILES string of the molecule is CC(C)c1cccc(-c2ccccc2)c1C1CCCC1. The molecule has 0 heterocycles. The maximum absolute atomic E-state index is 2.34. The van der Waals surface area contributed by atoms with E-state index >= 15 is 0 Å². The minimum absolute atomic E-state index is 0.606. The van der Waals surface area contributed by atoms with Gasteiger partial charge in [0.2, 0.25) is 0 Å². The molecule has 1 fully saturated rings. The predicted molar refractivity (Wildman–Crippen MR) is 87.2 cm³/mol. The lowest BCUT2D eigenvalue weighted by atomic mass is 9.82. The highest BCUT2D eigenvalue weighted by Gasteiger charge is 2.24. The van der Waals surface area contributed by atoms with Crippen molar-refractivity contribution in [3.05, 3.63) is 59.7 Å². The zero-order chi connectivity index (χ0) is 13.9. The van der Waals surface area contributed by atoms with Crippen LogP contribution < -0.4 is 0 Å². The molecule has 0 radical (unpaired) electrons. The van der Waals surface area contributed by atoms with Gasteiger partial charge in [-0.05, 0) is 46.9 Å². The first-order valence-corrected chi connectivity index (χ1v) is 7.95. The van der Waals surface area contributed by atoms with Crippen molar-refractivity contribution < 1.29 is 0 Å². The molecule has 0 saturated heterocycles. The Morgan fingerprint density at radius 2 is 1.55 bits per heavy atom. The highest BCUT2D eigenvalue weighted by molar-refractivity contribution is 5.70. The lowest BCUT2D eigenvalue weighted by Gasteiger charge is -2.22. The van der Waals surface area contributed by atoms with Gasteiger partial charge in [0, 0.05) is 0 Å². The molecule has 0 nitrogen and oxygen atoms in total. The molecule has 0 bridgehead atoms. The van der Waals surface area contributed by atoms with Gasteiger partial charge in [0.15, 0.2) is 0 Å². The maximum atomic E-state index is 2.34. The molecule has 2 aromatic rings. The Labute approximate surface area is 122 Å². The van der Waals surface area contributed by atoms with Crippen molar-refractivity contribution in [2.24, 2.45) is 0 Å². The van der Waals surface area contributed by atoms with Crippen LogP contribution >= 0.6 is 0 Å². The highest BCUT2D eigenvalue weighted by atomic mass is 14.3. The summed E-state index contributed by atoms with van der Waals surface area (Å²) in [5, 5.41) is 0. The third-order valence-corrected chi connectivity index (χ3v) is 4.61. The fourth-order valence-corrected chi connectivity index (χ4v) is 3.63. The second-order valence-electron chi connectivity index (χ2n) is 6.31. The van der Waals surface area contributed by atoms with Gasteiger partial charge in [-0.25, -0.2) is 0 Å². The van der Waals surface area contributed by atoms with Crippen molar-refractivity contribution >= 4 is 0 Å². The highest BCUT2D eigenvalue weighted by Crippen LogP contribution is 2.42. The van der Waals surface area contributed by atoms with Crippen LogP contribution in [0.2, 0.25) is 0 Å². The molecule has 0 heteroatoms. The molecule has 0 N–H and O–H groups in total. The van der Waals surface area contributed by atoms with Crippen LogP contribution in [-0.2, 0) is 0 Å². The normalized spacial score (nSPS) is 15.9. The van der Waals surface area contributed by atoms with E-state index in [0.29, 0.717) is 5.92 Å². The van der Waals surface area contributed by atoms with Crippen molar-refractivity contribution in [3.8, 4) is 11.1 Å². The minimum atomic E-state index is 0.606. The second-order valence-corrected chi connectivity index (χ2v) is 6.31. The molecule has 1 saturated carbocycles. The first kappa shape index (κ1) is 13.4. The lowest BCUT2D eigenvalue weighted by Crippen LogP contribution is -2.03. The largest absolute Gasteiger partial charge is 0.0622 e. The van der Waals surface area contributed by atoms with Crippen LogP contribution in [0.3, 0.4) is 0 Å². The van der Waals surface area contributed by atoms with E-state index in [9.17, 15) is 0 Å². The van der Waals surface area contributed by atoms with Crippen molar-refractivity contribution in [2.75, 3.05) is 0 Å². The van der Waals surface area contributed by atoms with E-state index in [1.54, 1.807) is 11.1 Å². The van der Waals surface area contributed by atoms with Crippen molar-refractivity contribution in [1.82, 2.24) is 0 Å². The summed E-state index contributed by atoms with van der Waals surface area (Å²) < 4.78 is 0. The average molecular weight is 264 g/mol. The zero-order valence-corrected chi connectivity index (χ0v) is 12.6. The summed E-state index contributed by atoms with van der Waals surface area (Å²) in [4.78, 5) is 0. The Hall–Kier alpha value is -1.56. The first-order valence-electron chi connectivity index (χ1n) is 7.95. The Kier molecular flexibility index (Phi) is 3.91. The molecule has 104 valence electrons. The molecule has 0 aliphatic heterocycles. The number of benzene rings is 2. The van der Waals surface area contributed by atoms with Crippen LogP contribution in [-0.4, -0.2) is 0 Å². The third kappa shape index (κ3) is 2.52. The van der Waals surface area contributed by atoms with E-state index in [0.717, 1.165) is 5.92 Å². The quantitative estimate of drug-likeness (QED) is 0.625. The molecule has 0 spiro atoms. The monoisotopic (exact) mass is 264 g/mol. The van der Waals surface area contributed by atoms with Crippen molar-refractivity contribution in [1.29, 1.82) is 0 Å². The van der Waals surface area contributed by atoms with Gasteiger partial charge in [-0.2, -0.15) is 0 Å². The molecule has 3 rings (SSSR count). The topological polar surface area (TPSA) is 0 Å². The molecule has 1 aliphatic carbocycles. The zero-order valence-electron chi connectivity index (χ0n) is 12.6. The minimum Gasteiger partial charge on any atom is -0.0622 e. The molecule has 20 heavy (non-hydrogen) atoms. The number of hydrogen-bond donors (Lipinski definition) is 0. The summed E-state index contributed by atoms with van der Waals surface area (Å²) in [5.41, 5.74) is 6.02. The molecule has 0 atom stereocenters. The summed E-state index contributed by atoms with van der Waals surface area (Å²) in [7, 11) is 0. The Morgan fingerprint density at radius 3 is 2.20 bits per heavy atom. The molecular weight excluding hydrogens is 240 g/mol. The van der Waals surface area contributed by atoms with Gasteiger partial charge in [0.1, 0.15) is 0 Å². The van der Waals surface area contributed by atoms with Crippen LogP contribution in [0.5, 0.6) is 0 Å². The standard InChI is InChI=1S/C20H24/c1-15(2)18-13-8-14-19(16-9-4-3-5-10-16)20(18)17-11-6-7-12-17/h3-5,8-10,13-15,17H,6-7,11-12H2,1-2H3. The van der Waals surface area contributed by atoms with Crippen LogP contribution in [0.1, 0.15) is 62.5 Å². The van der Waals surface area contributed by atoms with Crippen molar-refractivity contribution in [2.45, 2.75) is 51.4 Å². The molecule has 0 unspecified atom stereocenters. The van der Waals surface area contributed by atoms with Crippen molar-refractivity contribution in [3.63, 3.8) is 0 Å². The summed E-state index contributed by atoms with van der Waals surface area (Å²) in [5.74, 6) is 1.37. The van der Waals surface area contributed by atoms with Gasteiger partial charge >= 0.3 is 0 Å². The van der Waals surface area contributed by atoms with Crippen LogP contribution in [0.25, 0.3) is 11.1 Å². The van der Waals surface area contributed by atoms with Gasteiger partial charge in [-0.1, -0.05) is 75.2 Å². The van der Waals surface area contributed by atoms with Gasteiger partial charge in [-0.15, -0.1) is 0 Å². The smallest absolute Gasteiger partial charge is 0.0146 e. The molecule has 0 aromatic heterocycles. The predicted octanol–water partition coefficient (Wildman–Crippen LogP) is 6.13. The van der Waals surface area contributed by atoms with Crippen LogP contribution in [0.15, 0.2) is 48.5 Å². The number of hydrogen-bond acceptors (Lipinski definition) is 0. The summed E-state index contributed by atoms with van der Waals surface area (Å²) >= 11 is 0. The van der Waals surface area contributed by atoms with E-state index in [-0.39, 0.29) is 0 Å². The summed E-state index contributed by atoms with van der Waals surface area (Å²) in [6.45, 7) is 4.64. The van der Waals surface area contributed by atoms with Gasteiger partial charge in [0.25, 0.3) is 0 Å². The average Bonchev–Trinajstić information content (AvgIpc) is 3.01. The Morgan fingerprint density at radius 1 is 0.850 bits per heavy atom. The van der Waals surface area contributed by atoms with Gasteiger partial charge in [0.05, 0.1) is 0 Å². The van der Waals surface area contributed by atoms with Crippen LogP contribution in [0, 0.1) is 0 Å². The Balaban J connectivity index is 2.16. The second kappa shape index (κ2) is 5.83. The van der Waals surface area contributed by atoms with Crippen LogP contribution in [0.4, 0.5) is 0 Å². The fraction of sp³-hybridized carbons (Fsp3) is 0.400. The summed E-state index contributed by atoms with van der Waals surface area (Å²) in [6.07, 6.45) is 5.52. The number of rotatable bonds is 3. The lowest BCUT2D eigenvalue weighted by molar-refractivity contribution is 0.700. The first-order chi connectivity index (χ1) is 9.77. The van der Waals surface area contributed by atoms with E-state index in [1.807, 2.05) is 0 Å². The van der Waals surface area contributed by atoms with Gasteiger partial charge < -0.3 is 0 Å². The van der Waals surface area contributed by atoms with Gasteiger partial charge in [-0.3, -0.25) is 0 Å².